The fraction of sp³-hybridized carbons (Fsp3) is 0.471. The van der Waals surface area contributed by atoms with Crippen molar-refractivity contribution in [3.8, 4) is 11.3 Å². The second-order valence-electron chi connectivity index (χ2n) is 6.36. The van der Waals surface area contributed by atoms with Crippen LogP contribution >= 0.6 is 11.3 Å². The first-order valence-electron chi connectivity index (χ1n) is 7.89. The number of benzene rings is 1. The van der Waals surface area contributed by atoms with Gasteiger partial charge in [0.05, 0.1) is 22.2 Å². The lowest BCUT2D eigenvalue weighted by atomic mass is 9.90. The highest BCUT2D eigenvalue weighted by Gasteiger charge is 2.31. The number of rotatable bonds is 2. The average molecular weight is 333 g/mol. The highest BCUT2D eigenvalue weighted by atomic mass is 32.2. The maximum absolute atomic E-state index is 11.6. The molecule has 0 bridgehead atoms. The molecule has 0 saturated carbocycles. The van der Waals surface area contributed by atoms with E-state index in [0.717, 1.165) is 17.1 Å². The molecule has 1 aliphatic carbocycles. The molecule has 116 valence electrons. The van der Waals surface area contributed by atoms with Crippen LogP contribution in [-0.4, -0.2) is 24.9 Å². The molecule has 1 aromatic heterocycles. The maximum Gasteiger partial charge on any atom is 0.151 e. The van der Waals surface area contributed by atoms with Crippen LogP contribution in [0.3, 0.4) is 0 Å². The van der Waals surface area contributed by atoms with Crippen LogP contribution in [0.2, 0.25) is 0 Å². The van der Waals surface area contributed by atoms with Crippen molar-refractivity contribution in [3.63, 3.8) is 0 Å². The Bertz CT molecular complexity index is 808. The van der Waals surface area contributed by atoms with Gasteiger partial charge in [0.25, 0.3) is 0 Å². The minimum atomic E-state index is -2.84. The van der Waals surface area contributed by atoms with Gasteiger partial charge in [-0.25, -0.2) is 13.4 Å². The van der Waals surface area contributed by atoms with Gasteiger partial charge in [0.2, 0.25) is 0 Å². The third-order valence-corrected chi connectivity index (χ3v) is 7.52. The fourth-order valence-corrected chi connectivity index (χ4v) is 6.31. The van der Waals surface area contributed by atoms with Crippen molar-refractivity contribution < 1.29 is 8.42 Å². The van der Waals surface area contributed by atoms with E-state index in [1.165, 1.54) is 42.4 Å². The third kappa shape index (κ3) is 2.72. The summed E-state index contributed by atoms with van der Waals surface area (Å²) in [5, 5.41) is 3.05. The van der Waals surface area contributed by atoms with Crippen LogP contribution in [0.5, 0.6) is 0 Å². The molecular weight excluding hydrogens is 314 g/mol. The predicted octanol–water partition coefficient (Wildman–Crippen LogP) is 3.59. The van der Waals surface area contributed by atoms with Gasteiger partial charge >= 0.3 is 0 Å². The molecule has 2 aliphatic rings. The summed E-state index contributed by atoms with van der Waals surface area (Å²) in [4.78, 5) is 4.73. The van der Waals surface area contributed by atoms with Gasteiger partial charge in [-0.1, -0.05) is 12.1 Å². The van der Waals surface area contributed by atoms with E-state index in [1.807, 2.05) is 0 Å². The monoisotopic (exact) mass is 333 g/mol. The number of aryl methyl sites for hydroxylation is 2. The van der Waals surface area contributed by atoms with Crippen molar-refractivity contribution >= 4 is 21.2 Å². The van der Waals surface area contributed by atoms with Gasteiger partial charge in [0.1, 0.15) is 0 Å². The van der Waals surface area contributed by atoms with Crippen molar-refractivity contribution in [2.75, 3.05) is 11.5 Å². The van der Waals surface area contributed by atoms with Crippen LogP contribution in [0.25, 0.3) is 11.3 Å². The number of thiazole rings is 1. The van der Waals surface area contributed by atoms with Crippen molar-refractivity contribution in [1.82, 2.24) is 4.98 Å². The Labute approximate surface area is 135 Å². The Balaban J connectivity index is 1.62. The van der Waals surface area contributed by atoms with E-state index < -0.39 is 9.84 Å². The molecule has 2 aromatic rings. The van der Waals surface area contributed by atoms with Crippen LogP contribution in [0, 0.1) is 0 Å². The molecule has 1 aromatic carbocycles. The Kier molecular flexibility index (Phi) is 3.57. The van der Waals surface area contributed by atoms with Crippen LogP contribution in [0.15, 0.2) is 23.6 Å². The molecule has 0 spiro atoms. The van der Waals surface area contributed by atoms with Crippen molar-refractivity contribution in [2.45, 2.75) is 38.0 Å². The first kappa shape index (κ1) is 14.4. The van der Waals surface area contributed by atoms with Gasteiger partial charge in [-0.2, -0.15) is 0 Å². The first-order valence-corrected chi connectivity index (χ1v) is 10.6. The zero-order chi connectivity index (χ0) is 15.2. The normalized spacial score (nSPS) is 23.4. The number of sulfone groups is 1. The Morgan fingerprint density at radius 3 is 2.73 bits per heavy atom. The molecule has 4 rings (SSSR count). The fourth-order valence-electron chi connectivity index (χ4n) is 3.49. The topological polar surface area (TPSA) is 47.0 Å². The van der Waals surface area contributed by atoms with Crippen LogP contribution in [-0.2, 0) is 22.7 Å². The van der Waals surface area contributed by atoms with E-state index in [0.29, 0.717) is 5.75 Å². The molecule has 5 heteroatoms. The highest BCUT2D eigenvalue weighted by molar-refractivity contribution is 7.91. The van der Waals surface area contributed by atoms with Gasteiger partial charge < -0.3 is 0 Å². The largest absolute Gasteiger partial charge is 0.241 e. The molecule has 1 saturated heterocycles. The molecule has 1 aliphatic heterocycles. The lowest BCUT2D eigenvalue weighted by Gasteiger charge is -2.16. The summed E-state index contributed by atoms with van der Waals surface area (Å²) in [5.41, 5.74) is 5.11. The lowest BCUT2D eigenvalue weighted by molar-refractivity contribution is 0.601. The molecule has 2 heterocycles. The second kappa shape index (κ2) is 5.46. The minimum Gasteiger partial charge on any atom is -0.241 e. The summed E-state index contributed by atoms with van der Waals surface area (Å²) in [6.45, 7) is 0. The molecule has 0 amide bonds. The number of hydrogen-bond acceptors (Lipinski definition) is 4. The molecule has 0 N–H and O–H groups in total. The summed E-state index contributed by atoms with van der Waals surface area (Å²) in [6, 6.07) is 6.68. The third-order valence-electron chi connectivity index (χ3n) is 4.75. The van der Waals surface area contributed by atoms with Gasteiger partial charge in [0, 0.05) is 16.9 Å². The maximum atomic E-state index is 11.6. The van der Waals surface area contributed by atoms with Gasteiger partial charge in [-0.05, 0) is 49.3 Å². The summed E-state index contributed by atoms with van der Waals surface area (Å²) >= 11 is 1.60. The zero-order valence-corrected chi connectivity index (χ0v) is 14.0. The van der Waals surface area contributed by atoms with E-state index in [4.69, 9.17) is 4.98 Å². The van der Waals surface area contributed by atoms with Crippen molar-refractivity contribution in [3.05, 3.63) is 39.7 Å². The summed E-state index contributed by atoms with van der Waals surface area (Å²) in [6.07, 6.45) is 5.65. The highest BCUT2D eigenvalue weighted by Crippen LogP contribution is 2.34. The van der Waals surface area contributed by atoms with Crippen molar-refractivity contribution in [1.29, 1.82) is 0 Å². The summed E-state index contributed by atoms with van der Waals surface area (Å²) < 4.78 is 23.3. The van der Waals surface area contributed by atoms with E-state index in [2.05, 4.69) is 23.6 Å². The van der Waals surface area contributed by atoms with E-state index >= 15 is 0 Å². The van der Waals surface area contributed by atoms with Gasteiger partial charge in [-0.15, -0.1) is 11.3 Å². The van der Waals surface area contributed by atoms with E-state index in [1.54, 1.807) is 11.3 Å². The van der Waals surface area contributed by atoms with Crippen LogP contribution < -0.4 is 0 Å². The zero-order valence-electron chi connectivity index (χ0n) is 12.4. The van der Waals surface area contributed by atoms with E-state index in [-0.39, 0.29) is 11.7 Å². The quantitative estimate of drug-likeness (QED) is 0.844. The smallest absolute Gasteiger partial charge is 0.151 e. The number of fused-ring (bicyclic) bond motifs is 1. The standard InChI is InChI=1S/C17H19NO2S2/c19-22(20)8-7-15(11-22)17-18-16(10-21-17)14-6-5-12-3-1-2-4-13(12)9-14/h5-6,9-10,15H,1-4,7-8,11H2. The van der Waals surface area contributed by atoms with Crippen LogP contribution in [0.4, 0.5) is 0 Å². The molecule has 0 radical (unpaired) electrons. The number of nitrogens with zero attached hydrogens (tertiary/aromatic N) is 1. The molecule has 22 heavy (non-hydrogen) atoms. The Morgan fingerprint density at radius 1 is 1.14 bits per heavy atom. The molecule has 3 nitrogen and oxygen atoms in total. The average Bonchev–Trinajstić information content (AvgIpc) is 3.13. The second-order valence-corrected chi connectivity index (χ2v) is 9.48. The van der Waals surface area contributed by atoms with E-state index in [9.17, 15) is 8.42 Å². The lowest BCUT2D eigenvalue weighted by Crippen LogP contribution is -2.03. The van der Waals surface area contributed by atoms with Crippen LogP contribution in [0.1, 0.15) is 41.3 Å². The van der Waals surface area contributed by atoms with Gasteiger partial charge in [-0.3, -0.25) is 0 Å². The number of aromatic nitrogens is 1. The summed E-state index contributed by atoms with van der Waals surface area (Å²) in [5.74, 6) is 0.677. The van der Waals surface area contributed by atoms with Crippen molar-refractivity contribution in [2.24, 2.45) is 0 Å². The Hall–Kier alpha value is -1.20. The predicted molar refractivity (Wildman–Crippen MR) is 90.2 cm³/mol. The SMILES string of the molecule is O=S1(=O)CCC(c2nc(-c3ccc4c(c3)CCCC4)cs2)C1. The molecular formula is C17H19NO2S2. The number of hydrogen-bond donors (Lipinski definition) is 0. The molecule has 1 fully saturated rings. The Morgan fingerprint density at radius 2 is 1.95 bits per heavy atom. The van der Waals surface area contributed by atoms with Gasteiger partial charge in [0.15, 0.2) is 9.84 Å². The first-order chi connectivity index (χ1) is 10.6. The molecule has 1 unspecified atom stereocenters. The minimum absolute atomic E-state index is 0.0985. The summed E-state index contributed by atoms with van der Waals surface area (Å²) in [7, 11) is -2.84. The molecule has 1 atom stereocenters.